The summed E-state index contributed by atoms with van der Waals surface area (Å²) in [5.41, 5.74) is 2.34. The molecule has 2 amide bonds. The number of H-pyrrole nitrogens is 1. The number of pyridine rings is 1. The van der Waals surface area contributed by atoms with Crippen LogP contribution in [0.5, 0.6) is 5.75 Å². The van der Waals surface area contributed by atoms with Crippen molar-refractivity contribution in [2.24, 2.45) is 0 Å². The summed E-state index contributed by atoms with van der Waals surface area (Å²) in [6.45, 7) is 0.277. The molecule has 37 heavy (non-hydrogen) atoms. The number of imidazole rings is 1. The maximum Gasteiger partial charge on any atom is 0.276 e. The highest BCUT2D eigenvalue weighted by Gasteiger charge is 2.18. The van der Waals surface area contributed by atoms with Crippen LogP contribution in [0.15, 0.2) is 77.8 Å². The van der Waals surface area contributed by atoms with Crippen LogP contribution in [0.2, 0.25) is 0 Å². The zero-order valence-corrected chi connectivity index (χ0v) is 20.9. The lowest BCUT2D eigenvalue weighted by atomic mass is 10.1. The summed E-state index contributed by atoms with van der Waals surface area (Å²) in [5, 5.41) is 7.44. The second kappa shape index (κ2) is 10.3. The molecule has 5 aromatic rings. The molecule has 0 radical (unpaired) electrons. The molecule has 3 N–H and O–H groups in total. The molecule has 10 heteroatoms. The fourth-order valence-electron chi connectivity index (χ4n) is 3.90. The van der Waals surface area contributed by atoms with Gasteiger partial charge in [-0.15, -0.1) is 0 Å². The quantitative estimate of drug-likeness (QED) is 0.282. The first-order valence-corrected chi connectivity index (χ1v) is 12.9. The largest absolute Gasteiger partial charge is 0.612 e. The summed E-state index contributed by atoms with van der Waals surface area (Å²) >= 11 is -1.07. The van der Waals surface area contributed by atoms with E-state index >= 15 is 0 Å². The van der Waals surface area contributed by atoms with E-state index in [1.165, 1.54) is 7.11 Å². The molecule has 5 rings (SSSR count). The third-order valence-electron chi connectivity index (χ3n) is 5.85. The zero-order chi connectivity index (χ0) is 25.9. The first-order chi connectivity index (χ1) is 17.9. The number of rotatable bonds is 7. The minimum atomic E-state index is -1.07. The number of nitrogens with zero attached hydrogens (tertiary/aromatic N) is 2. The summed E-state index contributed by atoms with van der Waals surface area (Å²) in [4.78, 5) is 38.4. The third-order valence-corrected chi connectivity index (χ3v) is 6.79. The molecular weight excluding hydrogens is 490 g/mol. The van der Waals surface area contributed by atoms with Gasteiger partial charge in [-0.05, 0) is 46.4 Å². The lowest BCUT2D eigenvalue weighted by molar-refractivity contribution is 0.0951. The van der Waals surface area contributed by atoms with Crippen molar-refractivity contribution in [2.75, 3.05) is 18.7 Å². The van der Waals surface area contributed by atoms with E-state index in [4.69, 9.17) is 4.74 Å². The molecule has 0 aliphatic carbocycles. The number of aromatic amines is 1. The van der Waals surface area contributed by atoms with E-state index in [1.54, 1.807) is 42.8 Å². The topological polar surface area (TPSA) is 132 Å². The first-order valence-electron chi connectivity index (χ1n) is 11.4. The van der Waals surface area contributed by atoms with Crippen molar-refractivity contribution in [3.8, 4) is 5.75 Å². The van der Waals surface area contributed by atoms with Crippen molar-refractivity contribution < 1.29 is 18.9 Å². The molecule has 0 aliphatic rings. The average molecular weight is 514 g/mol. The Hall–Kier alpha value is -4.41. The predicted octanol–water partition coefficient (Wildman–Crippen LogP) is 4.04. The molecule has 9 nitrogen and oxygen atoms in total. The number of benzene rings is 3. The van der Waals surface area contributed by atoms with Gasteiger partial charge in [-0.1, -0.05) is 36.4 Å². The molecular formula is C27H23N5O4S. The van der Waals surface area contributed by atoms with Crippen LogP contribution in [-0.2, 0) is 17.7 Å². The van der Waals surface area contributed by atoms with Crippen LogP contribution >= 0.6 is 0 Å². The van der Waals surface area contributed by atoms with E-state index in [0.717, 1.165) is 21.2 Å². The van der Waals surface area contributed by atoms with Gasteiger partial charge in [0.05, 0.1) is 23.7 Å². The van der Waals surface area contributed by atoms with E-state index in [1.807, 2.05) is 36.4 Å². The van der Waals surface area contributed by atoms with E-state index in [-0.39, 0.29) is 24.1 Å². The Morgan fingerprint density at radius 3 is 2.51 bits per heavy atom. The Kier molecular flexibility index (Phi) is 6.76. The van der Waals surface area contributed by atoms with Crippen molar-refractivity contribution >= 4 is 50.7 Å². The normalized spacial score (nSPS) is 11.9. The number of carbonyl (C=O) groups excluding carboxylic acids is 2. The molecule has 0 aliphatic heterocycles. The van der Waals surface area contributed by atoms with Gasteiger partial charge >= 0.3 is 0 Å². The van der Waals surface area contributed by atoms with Crippen LogP contribution in [0.25, 0.3) is 21.8 Å². The number of anilines is 1. The highest BCUT2D eigenvalue weighted by Crippen LogP contribution is 2.26. The van der Waals surface area contributed by atoms with Crippen LogP contribution in [-0.4, -0.2) is 44.7 Å². The molecule has 1 unspecified atom stereocenters. The molecule has 186 valence electrons. The van der Waals surface area contributed by atoms with Crippen molar-refractivity contribution in [3.63, 3.8) is 0 Å². The monoisotopic (exact) mass is 513 g/mol. The highest BCUT2D eigenvalue weighted by molar-refractivity contribution is 7.90. The second-order valence-corrected chi connectivity index (χ2v) is 9.69. The van der Waals surface area contributed by atoms with Crippen LogP contribution in [0, 0.1) is 0 Å². The van der Waals surface area contributed by atoms with Gasteiger partial charge in [-0.3, -0.25) is 19.9 Å². The van der Waals surface area contributed by atoms with E-state index in [9.17, 15) is 14.1 Å². The highest BCUT2D eigenvalue weighted by atomic mass is 32.2. The minimum absolute atomic E-state index is 0.181. The molecule has 2 heterocycles. The standard InChI is InChI=1S/C27H23N5O4S/c1-36-19-12-21(25(33)29-14-16-7-9-20(10-8-16)37(2)35)24-22(13-19)30-27(31-24)32-26(34)23-11-17-5-3-4-6-18(17)15-28-23/h3-13,15H,14H2,1-2H3,(H,29,33)(H2,30,31,32,34). The van der Waals surface area contributed by atoms with Gasteiger partial charge in [-0.2, -0.15) is 0 Å². The lowest BCUT2D eigenvalue weighted by Gasteiger charge is -2.09. The smallest absolute Gasteiger partial charge is 0.276 e. The van der Waals surface area contributed by atoms with Crippen LogP contribution in [0.3, 0.4) is 0 Å². The molecule has 1 atom stereocenters. The number of amides is 2. The van der Waals surface area contributed by atoms with Crippen LogP contribution in [0.1, 0.15) is 26.4 Å². The number of ether oxygens (including phenoxy) is 1. The van der Waals surface area contributed by atoms with Crippen LogP contribution in [0.4, 0.5) is 5.95 Å². The summed E-state index contributed by atoms with van der Waals surface area (Å²) in [6, 6.07) is 19.8. The average Bonchev–Trinajstić information content (AvgIpc) is 3.33. The van der Waals surface area contributed by atoms with E-state index < -0.39 is 17.1 Å². The third kappa shape index (κ3) is 5.25. The molecule has 0 fully saturated rings. The Balaban J connectivity index is 1.37. The summed E-state index contributed by atoms with van der Waals surface area (Å²) in [5.74, 6) is -0.141. The fourth-order valence-corrected chi connectivity index (χ4v) is 4.42. The SMILES string of the molecule is COc1cc(C(=O)NCc2ccc([S+](C)[O-])cc2)c2[nH]c(NC(=O)c3cc4ccccc4cn3)nc2c1. The molecule has 0 spiro atoms. The molecule has 2 aromatic heterocycles. The van der Waals surface area contributed by atoms with Crippen molar-refractivity contribution in [3.05, 3.63) is 89.7 Å². The predicted molar refractivity (Wildman–Crippen MR) is 142 cm³/mol. The Morgan fingerprint density at radius 1 is 1.03 bits per heavy atom. The van der Waals surface area contributed by atoms with Crippen molar-refractivity contribution in [1.82, 2.24) is 20.3 Å². The zero-order valence-electron chi connectivity index (χ0n) is 20.1. The first kappa shape index (κ1) is 24.3. The second-order valence-electron chi connectivity index (χ2n) is 8.31. The summed E-state index contributed by atoms with van der Waals surface area (Å²) in [6.07, 6.45) is 3.26. The molecule has 0 saturated heterocycles. The number of hydrogen-bond acceptors (Lipinski definition) is 6. The summed E-state index contributed by atoms with van der Waals surface area (Å²) < 4.78 is 16.9. The Bertz CT molecular complexity index is 1620. The number of methoxy groups -OCH3 is 1. The van der Waals surface area contributed by atoms with Gasteiger partial charge in [-0.25, -0.2) is 4.98 Å². The van der Waals surface area contributed by atoms with Gasteiger partial charge in [0.2, 0.25) is 5.95 Å². The van der Waals surface area contributed by atoms with Gasteiger partial charge < -0.3 is 19.6 Å². The fraction of sp³-hybridized carbons (Fsp3) is 0.111. The Morgan fingerprint density at radius 2 is 1.78 bits per heavy atom. The Labute approximate surface area is 215 Å². The lowest BCUT2D eigenvalue weighted by Crippen LogP contribution is -2.23. The number of fused-ring (bicyclic) bond motifs is 2. The maximum atomic E-state index is 13.1. The van der Waals surface area contributed by atoms with Crippen LogP contribution < -0.4 is 15.4 Å². The van der Waals surface area contributed by atoms with Gasteiger partial charge in [0.25, 0.3) is 11.8 Å². The van der Waals surface area contributed by atoms with Gasteiger partial charge in [0, 0.05) is 24.2 Å². The van der Waals surface area contributed by atoms with E-state index in [2.05, 4.69) is 25.6 Å². The van der Waals surface area contributed by atoms with Crippen molar-refractivity contribution in [1.29, 1.82) is 0 Å². The molecule has 0 bridgehead atoms. The minimum Gasteiger partial charge on any atom is -0.612 e. The van der Waals surface area contributed by atoms with Gasteiger partial charge in [0.15, 0.2) is 4.90 Å². The number of nitrogens with one attached hydrogen (secondary N) is 3. The number of hydrogen-bond donors (Lipinski definition) is 3. The molecule has 0 saturated carbocycles. The number of carbonyl (C=O) groups is 2. The summed E-state index contributed by atoms with van der Waals surface area (Å²) in [7, 11) is 1.50. The maximum absolute atomic E-state index is 13.1. The van der Waals surface area contributed by atoms with Gasteiger partial charge in [0.1, 0.15) is 17.7 Å². The van der Waals surface area contributed by atoms with E-state index in [0.29, 0.717) is 22.3 Å². The molecule has 3 aromatic carbocycles. The van der Waals surface area contributed by atoms with Crippen molar-refractivity contribution in [2.45, 2.75) is 11.4 Å². The number of aromatic nitrogens is 3.